The lowest BCUT2D eigenvalue weighted by Gasteiger charge is -2.14. The maximum absolute atomic E-state index is 4.39. The first-order valence-electron chi connectivity index (χ1n) is 4.95. The Labute approximate surface area is 94.0 Å². The van der Waals surface area contributed by atoms with Gasteiger partial charge in [0.05, 0.1) is 11.7 Å². The van der Waals surface area contributed by atoms with Crippen molar-refractivity contribution in [2.24, 2.45) is 0 Å². The van der Waals surface area contributed by atoms with E-state index in [2.05, 4.69) is 34.7 Å². The van der Waals surface area contributed by atoms with Crippen LogP contribution in [0.25, 0.3) is 0 Å². The SMILES string of the molecule is CNC(c1ccccn1)c1sccc1C. The molecule has 0 aliphatic heterocycles. The average Bonchev–Trinajstić information content (AvgIpc) is 2.68. The van der Waals surface area contributed by atoms with Crippen LogP contribution < -0.4 is 5.32 Å². The molecule has 0 spiro atoms. The van der Waals surface area contributed by atoms with Crippen molar-refractivity contribution in [1.82, 2.24) is 10.3 Å². The molecule has 2 nitrogen and oxygen atoms in total. The quantitative estimate of drug-likeness (QED) is 0.857. The fraction of sp³-hybridized carbons (Fsp3) is 0.250. The molecule has 0 aliphatic rings. The lowest BCUT2D eigenvalue weighted by Crippen LogP contribution is -2.18. The van der Waals surface area contributed by atoms with Crippen LogP contribution in [-0.2, 0) is 0 Å². The third-order valence-electron chi connectivity index (χ3n) is 2.44. The smallest absolute Gasteiger partial charge is 0.0845 e. The zero-order valence-electron chi connectivity index (χ0n) is 8.90. The highest BCUT2D eigenvalue weighted by Gasteiger charge is 2.15. The van der Waals surface area contributed by atoms with Gasteiger partial charge in [0.1, 0.15) is 0 Å². The van der Waals surface area contributed by atoms with E-state index in [0.29, 0.717) is 0 Å². The van der Waals surface area contributed by atoms with E-state index in [-0.39, 0.29) is 6.04 Å². The van der Waals surface area contributed by atoms with E-state index in [1.54, 1.807) is 11.3 Å². The molecule has 2 heterocycles. The third-order valence-corrected chi connectivity index (χ3v) is 3.52. The van der Waals surface area contributed by atoms with Crippen molar-refractivity contribution in [2.75, 3.05) is 7.05 Å². The second-order valence-electron chi connectivity index (χ2n) is 3.44. The molecule has 0 aliphatic carbocycles. The van der Waals surface area contributed by atoms with Crippen molar-refractivity contribution >= 4 is 11.3 Å². The van der Waals surface area contributed by atoms with Crippen molar-refractivity contribution in [2.45, 2.75) is 13.0 Å². The van der Waals surface area contributed by atoms with Gasteiger partial charge in [-0.2, -0.15) is 0 Å². The topological polar surface area (TPSA) is 24.9 Å². The van der Waals surface area contributed by atoms with E-state index < -0.39 is 0 Å². The summed E-state index contributed by atoms with van der Waals surface area (Å²) in [6.07, 6.45) is 1.84. The zero-order chi connectivity index (χ0) is 10.7. The Morgan fingerprint density at radius 3 is 2.73 bits per heavy atom. The van der Waals surface area contributed by atoms with E-state index in [1.165, 1.54) is 10.4 Å². The van der Waals surface area contributed by atoms with Gasteiger partial charge < -0.3 is 5.32 Å². The standard InChI is InChI=1S/C12H14N2S/c1-9-6-8-15-12(9)11(13-2)10-5-3-4-7-14-10/h3-8,11,13H,1-2H3. The number of aromatic nitrogens is 1. The second-order valence-corrected chi connectivity index (χ2v) is 4.39. The number of aryl methyl sites for hydroxylation is 1. The maximum atomic E-state index is 4.39. The summed E-state index contributed by atoms with van der Waals surface area (Å²) in [5.74, 6) is 0. The highest BCUT2D eigenvalue weighted by Crippen LogP contribution is 2.27. The molecule has 0 aromatic carbocycles. The minimum atomic E-state index is 0.214. The molecule has 1 N–H and O–H groups in total. The molecular formula is C12H14N2S. The molecule has 2 aromatic heterocycles. The average molecular weight is 218 g/mol. The molecule has 0 radical (unpaired) electrons. The van der Waals surface area contributed by atoms with E-state index >= 15 is 0 Å². The minimum absolute atomic E-state index is 0.214. The second kappa shape index (κ2) is 4.55. The molecule has 78 valence electrons. The van der Waals surface area contributed by atoms with Crippen molar-refractivity contribution < 1.29 is 0 Å². The first kappa shape index (κ1) is 10.3. The van der Waals surface area contributed by atoms with Crippen LogP contribution in [0.15, 0.2) is 35.8 Å². The lowest BCUT2D eigenvalue weighted by atomic mass is 10.1. The number of pyridine rings is 1. The first-order valence-corrected chi connectivity index (χ1v) is 5.83. The summed E-state index contributed by atoms with van der Waals surface area (Å²) in [5.41, 5.74) is 2.40. The highest BCUT2D eigenvalue weighted by molar-refractivity contribution is 7.10. The fourth-order valence-electron chi connectivity index (χ4n) is 1.64. The van der Waals surface area contributed by atoms with Crippen LogP contribution in [0.3, 0.4) is 0 Å². The van der Waals surface area contributed by atoms with Crippen LogP contribution in [0.1, 0.15) is 22.2 Å². The first-order chi connectivity index (χ1) is 7.33. The van der Waals surface area contributed by atoms with Gasteiger partial charge in [-0.1, -0.05) is 6.07 Å². The van der Waals surface area contributed by atoms with Gasteiger partial charge in [-0.05, 0) is 43.1 Å². The van der Waals surface area contributed by atoms with E-state index in [9.17, 15) is 0 Å². The Balaban J connectivity index is 2.37. The number of rotatable bonds is 3. The number of hydrogen-bond acceptors (Lipinski definition) is 3. The molecule has 2 rings (SSSR count). The van der Waals surface area contributed by atoms with Crippen LogP contribution in [0, 0.1) is 6.92 Å². The molecule has 0 saturated carbocycles. The lowest BCUT2D eigenvalue weighted by molar-refractivity contribution is 0.679. The summed E-state index contributed by atoms with van der Waals surface area (Å²) < 4.78 is 0. The van der Waals surface area contributed by atoms with Gasteiger partial charge in [0.25, 0.3) is 0 Å². The van der Waals surface area contributed by atoms with Crippen molar-refractivity contribution in [3.8, 4) is 0 Å². The Bertz CT molecular complexity index is 422. The van der Waals surface area contributed by atoms with Crippen molar-refractivity contribution in [3.63, 3.8) is 0 Å². The highest BCUT2D eigenvalue weighted by atomic mass is 32.1. The van der Waals surface area contributed by atoms with Crippen LogP contribution in [0.2, 0.25) is 0 Å². The Morgan fingerprint density at radius 2 is 2.20 bits per heavy atom. The number of nitrogens with zero attached hydrogens (tertiary/aromatic N) is 1. The molecule has 3 heteroatoms. The molecule has 0 amide bonds. The van der Waals surface area contributed by atoms with Crippen molar-refractivity contribution in [1.29, 1.82) is 0 Å². The van der Waals surface area contributed by atoms with Crippen LogP contribution in [-0.4, -0.2) is 12.0 Å². The molecular weight excluding hydrogens is 204 g/mol. The summed E-state index contributed by atoms with van der Waals surface area (Å²) in [4.78, 5) is 5.73. The van der Waals surface area contributed by atoms with Gasteiger partial charge in [-0.3, -0.25) is 4.98 Å². The molecule has 0 fully saturated rings. The zero-order valence-corrected chi connectivity index (χ0v) is 9.71. The number of thiophene rings is 1. The minimum Gasteiger partial charge on any atom is -0.307 e. The predicted molar refractivity (Wildman–Crippen MR) is 64.2 cm³/mol. The van der Waals surface area contributed by atoms with E-state index in [4.69, 9.17) is 0 Å². The van der Waals surface area contributed by atoms with Crippen LogP contribution in [0.5, 0.6) is 0 Å². The van der Waals surface area contributed by atoms with Crippen LogP contribution in [0.4, 0.5) is 0 Å². The third kappa shape index (κ3) is 2.08. The summed E-state index contributed by atoms with van der Waals surface area (Å²) in [6, 6.07) is 8.38. The summed E-state index contributed by atoms with van der Waals surface area (Å²) in [5, 5.41) is 5.43. The van der Waals surface area contributed by atoms with Gasteiger partial charge in [-0.15, -0.1) is 11.3 Å². The van der Waals surface area contributed by atoms with Gasteiger partial charge in [0.15, 0.2) is 0 Å². The van der Waals surface area contributed by atoms with Gasteiger partial charge in [0.2, 0.25) is 0 Å². The fourth-order valence-corrected chi connectivity index (χ4v) is 2.69. The molecule has 1 atom stereocenters. The van der Waals surface area contributed by atoms with Gasteiger partial charge >= 0.3 is 0 Å². The van der Waals surface area contributed by atoms with Crippen molar-refractivity contribution in [3.05, 3.63) is 52.0 Å². The maximum Gasteiger partial charge on any atom is 0.0845 e. The summed E-state index contributed by atoms with van der Waals surface area (Å²) in [6.45, 7) is 2.14. The largest absolute Gasteiger partial charge is 0.307 e. The molecule has 0 saturated heterocycles. The predicted octanol–water partition coefficient (Wildman–Crippen LogP) is 2.76. The Kier molecular flexibility index (Phi) is 3.14. The molecule has 0 bridgehead atoms. The van der Waals surface area contributed by atoms with E-state index in [1.807, 2.05) is 25.4 Å². The summed E-state index contributed by atoms with van der Waals surface area (Å²) >= 11 is 1.77. The van der Waals surface area contributed by atoms with Crippen LogP contribution >= 0.6 is 11.3 Å². The van der Waals surface area contributed by atoms with Gasteiger partial charge in [0, 0.05) is 11.1 Å². The van der Waals surface area contributed by atoms with E-state index in [0.717, 1.165) is 5.69 Å². The Morgan fingerprint density at radius 1 is 1.33 bits per heavy atom. The monoisotopic (exact) mass is 218 g/mol. The normalized spacial score (nSPS) is 12.7. The summed E-state index contributed by atoms with van der Waals surface area (Å²) in [7, 11) is 1.97. The molecule has 1 unspecified atom stereocenters. The molecule has 2 aromatic rings. The number of hydrogen-bond donors (Lipinski definition) is 1. The van der Waals surface area contributed by atoms with Gasteiger partial charge in [-0.25, -0.2) is 0 Å². The Hall–Kier alpha value is -1.19. The molecule has 15 heavy (non-hydrogen) atoms. The number of nitrogens with one attached hydrogen (secondary N) is 1.